The summed E-state index contributed by atoms with van der Waals surface area (Å²) in [5.74, 6) is 0. The predicted molar refractivity (Wildman–Crippen MR) is 73.6 cm³/mol. The monoisotopic (exact) mass is 237 g/mol. The van der Waals surface area contributed by atoms with E-state index in [1.807, 2.05) is 30.3 Å². The van der Waals surface area contributed by atoms with Crippen molar-refractivity contribution < 1.29 is 4.74 Å². The number of para-hydroxylation sites is 1. The molecule has 1 unspecified atom stereocenters. The van der Waals surface area contributed by atoms with Crippen molar-refractivity contribution in [2.75, 3.05) is 7.11 Å². The Labute approximate surface area is 106 Å². The first kappa shape index (κ1) is 11.1. The van der Waals surface area contributed by atoms with Crippen molar-refractivity contribution >= 4 is 10.9 Å². The van der Waals surface area contributed by atoms with Crippen LogP contribution in [0.3, 0.4) is 0 Å². The lowest BCUT2D eigenvalue weighted by Gasteiger charge is -2.13. The van der Waals surface area contributed by atoms with Crippen LogP contribution < -0.4 is 0 Å². The van der Waals surface area contributed by atoms with E-state index in [1.165, 1.54) is 5.39 Å². The standard InChI is InChI=1S/C16H15NO/c1-18-16(12-7-3-2-4-8-12)15-11-13-9-5-6-10-14(13)17-15/h2-11,16-17H,1H3. The summed E-state index contributed by atoms with van der Waals surface area (Å²) in [6.07, 6.45) is -0.0430. The van der Waals surface area contributed by atoms with E-state index in [9.17, 15) is 0 Å². The molecule has 2 nitrogen and oxygen atoms in total. The largest absolute Gasteiger partial charge is 0.370 e. The van der Waals surface area contributed by atoms with Gasteiger partial charge in [-0.2, -0.15) is 0 Å². The molecule has 90 valence electrons. The highest BCUT2D eigenvalue weighted by molar-refractivity contribution is 5.80. The molecular weight excluding hydrogens is 222 g/mol. The minimum Gasteiger partial charge on any atom is -0.370 e. The van der Waals surface area contributed by atoms with Gasteiger partial charge < -0.3 is 9.72 Å². The maximum atomic E-state index is 5.62. The first-order valence-corrected chi connectivity index (χ1v) is 6.04. The van der Waals surface area contributed by atoms with Crippen LogP contribution in [0.2, 0.25) is 0 Å². The molecule has 0 radical (unpaired) electrons. The van der Waals surface area contributed by atoms with Crippen LogP contribution in [0.5, 0.6) is 0 Å². The third-order valence-corrected chi connectivity index (χ3v) is 3.17. The van der Waals surface area contributed by atoms with Crippen molar-refractivity contribution in [2.45, 2.75) is 6.10 Å². The summed E-state index contributed by atoms with van der Waals surface area (Å²) in [5, 5.41) is 1.21. The fraction of sp³-hybridized carbons (Fsp3) is 0.125. The van der Waals surface area contributed by atoms with Gasteiger partial charge in [-0.1, -0.05) is 48.5 Å². The molecule has 3 rings (SSSR count). The Morgan fingerprint density at radius 1 is 0.944 bits per heavy atom. The number of rotatable bonds is 3. The summed E-state index contributed by atoms with van der Waals surface area (Å²) in [4.78, 5) is 3.42. The zero-order valence-corrected chi connectivity index (χ0v) is 10.3. The van der Waals surface area contributed by atoms with Crippen molar-refractivity contribution in [3.63, 3.8) is 0 Å². The number of benzene rings is 2. The number of nitrogens with one attached hydrogen (secondary N) is 1. The van der Waals surface area contributed by atoms with E-state index in [0.29, 0.717) is 0 Å². The van der Waals surface area contributed by atoms with Gasteiger partial charge in [0.15, 0.2) is 0 Å². The van der Waals surface area contributed by atoms with Crippen LogP contribution >= 0.6 is 0 Å². The fourth-order valence-corrected chi connectivity index (χ4v) is 2.31. The lowest BCUT2D eigenvalue weighted by atomic mass is 10.1. The third-order valence-electron chi connectivity index (χ3n) is 3.17. The van der Waals surface area contributed by atoms with E-state index in [2.05, 4.69) is 35.3 Å². The van der Waals surface area contributed by atoms with E-state index < -0.39 is 0 Å². The summed E-state index contributed by atoms with van der Waals surface area (Å²) in [6.45, 7) is 0. The summed E-state index contributed by atoms with van der Waals surface area (Å²) in [7, 11) is 1.74. The molecule has 1 heterocycles. The third kappa shape index (κ3) is 1.91. The second-order valence-corrected chi connectivity index (χ2v) is 4.34. The van der Waals surface area contributed by atoms with Crippen LogP contribution in [0.25, 0.3) is 10.9 Å². The van der Waals surface area contributed by atoms with Gasteiger partial charge in [0.05, 0.1) is 0 Å². The number of methoxy groups -OCH3 is 1. The number of hydrogen-bond acceptors (Lipinski definition) is 1. The second-order valence-electron chi connectivity index (χ2n) is 4.34. The Morgan fingerprint density at radius 2 is 1.67 bits per heavy atom. The molecule has 3 aromatic rings. The molecule has 0 aliphatic heterocycles. The van der Waals surface area contributed by atoms with Crippen LogP contribution in [0.15, 0.2) is 60.7 Å². The molecule has 1 atom stereocenters. The normalized spacial score (nSPS) is 12.7. The zero-order valence-electron chi connectivity index (χ0n) is 10.3. The molecule has 0 spiro atoms. The molecule has 0 saturated carbocycles. The Bertz CT molecular complexity index is 609. The van der Waals surface area contributed by atoms with Gasteiger partial charge in [-0.3, -0.25) is 0 Å². The van der Waals surface area contributed by atoms with Gasteiger partial charge in [0, 0.05) is 18.3 Å². The molecule has 1 N–H and O–H groups in total. The Balaban J connectivity index is 2.06. The molecular formula is C16H15NO. The SMILES string of the molecule is COC(c1ccccc1)c1cc2ccccc2[nH]1. The van der Waals surface area contributed by atoms with Crippen molar-refractivity contribution in [3.8, 4) is 0 Å². The van der Waals surface area contributed by atoms with Gasteiger partial charge >= 0.3 is 0 Å². The van der Waals surface area contributed by atoms with E-state index in [4.69, 9.17) is 4.74 Å². The fourth-order valence-electron chi connectivity index (χ4n) is 2.31. The average molecular weight is 237 g/mol. The van der Waals surface area contributed by atoms with Crippen molar-refractivity contribution in [2.24, 2.45) is 0 Å². The molecule has 0 aliphatic carbocycles. The summed E-state index contributed by atoms with van der Waals surface area (Å²) in [5.41, 5.74) is 3.39. The van der Waals surface area contributed by atoms with E-state index >= 15 is 0 Å². The first-order chi connectivity index (χ1) is 8.88. The smallest absolute Gasteiger partial charge is 0.122 e. The molecule has 0 amide bonds. The van der Waals surface area contributed by atoms with E-state index in [0.717, 1.165) is 16.8 Å². The molecule has 0 fully saturated rings. The van der Waals surface area contributed by atoms with Crippen LogP contribution in [0.1, 0.15) is 17.4 Å². The zero-order chi connectivity index (χ0) is 12.4. The van der Waals surface area contributed by atoms with Crippen molar-refractivity contribution in [1.82, 2.24) is 4.98 Å². The number of aromatic nitrogens is 1. The summed E-state index contributed by atoms with van der Waals surface area (Å²) in [6, 6.07) is 20.7. The Morgan fingerprint density at radius 3 is 2.39 bits per heavy atom. The number of H-pyrrole nitrogens is 1. The van der Waals surface area contributed by atoms with E-state index in [1.54, 1.807) is 7.11 Å². The number of aromatic amines is 1. The van der Waals surface area contributed by atoms with Crippen molar-refractivity contribution in [1.29, 1.82) is 0 Å². The van der Waals surface area contributed by atoms with E-state index in [-0.39, 0.29) is 6.10 Å². The minimum atomic E-state index is -0.0430. The molecule has 18 heavy (non-hydrogen) atoms. The lowest BCUT2D eigenvalue weighted by Crippen LogP contribution is -2.03. The molecule has 0 aliphatic rings. The average Bonchev–Trinajstić information content (AvgIpc) is 2.84. The van der Waals surface area contributed by atoms with Crippen LogP contribution in [0, 0.1) is 0 Å². The highest BCUT2D eigenvalue weighted by Gasteiger charge is 2.14. The number of hydrogen-bond donors (Lipinski definition) is 1. The molecule has 2 aromatic carbocycles. The Hall–Kier alpha value is -2.06. The minimum absolute atomic E-state index is 0.0430. The molecule has 0 bridgehead atoms. The predicted octanol–water partition coefficient (Wildman–Crippen LogP) is 3.90. The second kappa shape index (κ2) is 4.67. The summed E-state index contributed by atoms with van der Waals surface area (Å²) < 4.78 is 5.62. The highest BCUT2D eigenvalue weighted by Crippen LogP contribution is 2.27. The Kier molecular flexibility index (Phi) is 2.87. The number of ether oxygens (including phenoxy) is 1. The van der Waals surface area contributed by atoms with Crippen LogP contribution in [-0.2, 0) is 4.74 Å². The van der Waals surface area contributed by atoms with Crippen LogP contribution in [0.4, 0.5) is 0 Å². The lowest BCUT2D eigenvalue weighted by molar-refractivity contribution is 0.133. The molecule has 1 aromatic heterocycles. The maximum Gasteiger partial charge on any atom is 0.122 e. The van der Waals surface area contributed by atoms with Gasteiger partial charge in [0.1, 0.15) is 6.10 Å². The molecule has 2 heteroatoms. The van der Waals surface area contributed by atoms with Gasteiger partial charge in [-0.25, -0.2) is 0 Å². The summed E-state index contributed by atoms with van der Waals surface area (Å²) >= 11 is 0. The van der Waals surface area contributed by atoms with Crippen LogP contribution in [-0.4, -0.2) is 12.1 Å². The molecule has 0 saturated heterocycles. The number of fused-ring (bicyclic) bond motifs is 1. The highest BCUT2D eigenvalue weighted by atomic mass is 16.5. The topological polar surface area (TPSA) is 25.0 Å². The van der Waals surface area contributed by atoms with Gasteiger partial charge in [-0.05, 0) is 23.1 Å². The quantitative estimate of drug-likeness (QED) is 0.734. The maximum absolute atomic E-state index is 5.62. The van der Waals surface area contributed by atoms with Gasteiger partial charge in [0.2, 0.25) is 0 Å². The van der Waals surface area contributed by atoms with Crippen molar-refractivity contribution in [3.05, 3.63) is 71.9 Å². The first-order valence-electron chi connectivity index (χ1n) is 6.04. The van der Waals surface area contributed by atoms with Gasteiger partial charge in [-0.15, -0.1) is 0 Å². The van der Waals surface area contributed by atoms with Gasteiger partial charge in [0.25, 0.3) is 0 Å².